The molecule has 1 rings (SSSR count). The number of nitrogens with two attached hydrogens (primary N) is 1. The van der Waals surface area contributed by atoms with Crippen LogP contribution in [0.2, 0.25) is 5.02 Å². The fourth-order valence-corrected chi connectivity index (χ4v) is 1.85. The standard InChI is InChI=1S/C13H19ClN2O/c1-4-11(16-13(2,3)12(15)17)9-6-5-7-10(14)8-9/h5-8,11,16H,4H2,1-3H3,(H2,15,17). The van der Waals surface area contributed by atoms with Gasteiger partial charge in [0.25, 0.3) is 0 Å². The quantitative estimate of drug-likeness (QED) is 0.849. The van der Waals surface area contributed by atoms with E-state index in [1.807, 2.05) is 24.3 Å². The topological polar surface area (TPSA) is 55.1 Å². The van der Waals surface area contributed by atoms with Gasteiger partial charge in [-0.2, -0.15) is 0 Å². The normalized spacial score (nSPS) is 13.4. The van der Waals surface area contributed by atoms with Gasteiger partial charge in [0.2, 0.25) is 5.91 Å². The number of amides is 1. The van der Waals surface area contributed by atoms with E-state index in [-0.39, 0.29) is 11.9 Å². The number of rotatable bonds is 5. The van der Waals surface area contributed by atoms with E-state index < -0.39 is 5.54 Å². The number of hydrogen-bond acceptors (Lipinski definition) is 2. The Labute approximate surface area is 107 Å². The van der Waals surface area contributed by atoms with Crippen molar-refractivity contribution in [3.63, 3.8) is 0 Å². The molecule has 1 aromatic rings. The van der Waals surface area contributed by atoms with Crippen LogP contribution in [-0.2, 0) is 4.79 Å². The Morgan fingerprint density at radius 3 is 2.65 bits per heavy atom. The van der Waals surface area contributed by atoms with E-state index in [4.69, 9.17) is 17.3 Å². The van der Waals surface area contributed by atoms with Crippen molar-refractivity contribution in [1.29, 1.82) is 0 Å². The van der Waals surface area contributed by atoms with E-state index in [9.17, 15) is 4.79 Å². The van der Waals surface area contributed by atoms with E-state index in [0.717, 1.165) is 12.0 Å². The molecule has 17 heavy (non-hydrogen) atoms. The van der Waals surface area contributed by atoms with E-state index in [2.05, 4.69) is 12.2 Å². The van der Waals surface area contributed by atoms with Gasteiger partial charge in [0.05, 0.1) is 5.54 Å². The van der Waals surface area contributed by atoms with Gasteiger partial charge in [-0.05, 0) is 38.0 Å². The summed E-state index contributed by atoms with van der Waals surface area (Å²) in [6.45, 7) is 5.61. The summed E-state index contributed by atoms with van der Waals surface area (Å²) in [5, 5.41) is 3.95. The van der Waals surface area contributed by atoms with Crippen LogP contribution in [0.3, 0.4) is 0 Å². The third-order valence-corrected chi connectivity index (χ3v) is 3.05. The molecule has 3 N–H and O–H groups in total. The van der Waals surface area contributed by atoms with Crippen molar-refractivity contribution >= 4 is 17.5 Å². The number of carbonyl (C=O) groups excluding carboxylic acids is 1. The molecule has 0 aliphatic heterocycles. The molecule has 0 bridgehead atoms. The van der Waals surface area contributed by atoms with Crippen LogP contribution in [0.15, 0.2) is 24.3 Å². The molecule has 1 atom stereocenters. The van der Waals surface area contributed by atoms with Crippen LogP contribution in [0, 0.1) is 0 Å². The molecular formula is C13H19ClN2O. The van der Waals surface area contributed by atoms with Crippen molar-refractivity contribution < 1.29 is 4.79 Å². The minimum atomic E-state index is -0.733. The van der Waals surface area contributed by atoms with Crippen LogP contribution < -0.4 is 11.1 Å². The van der Waals surface area contributed by atoms with Crippen molar-refractivity contribution in [2.45, 2.75) is 38.8 Å². The lowest BCUT2D eigenvalue weighted by molar-refractivity contribution is -0.123. The van der Waals surface area contributed by atoms with Gasteiger partial charge in [-0.25, -0.2) is 0 Å². The molecule has 0 saturated heterocycles. The van der Waals surface area contributed by atoms with Crippen LogP contribution in [0.1, 0.15) is 38.8 Å². The lowest BCUT2D eigenvalue weighted by atomic mass is 9.98. The number of benzene rings is 1. The lowest BCUT2D eigenvalue weighted by Gasteiger charge is -2.29. The van der Waals surface area contributed by atoms with Crippen LogP contribution in [0.4, 0.5) is 0 Å². The number of hydrogen-bond donors (Lipinski definition) is 2. The molecular weight excluding hydrogens is 236 g/mol. The van der Waals surface area contributed by atoms with Crippen LogP contribution in [0.5, 0.6) is 0 Å². The Hall–Kier alpha value is -1.06. The average Bonchev–Trinajstić information content (AvgIpc) is 2.25. The SMILES string of the molecule is CCC(NC(C)(C)C(N)=O)c1cccc(Cl)c1. The van der Waals surface area contributed by atoms with Gasteiger partial charge in [-0.3, -0.25) is 10.1 Å². The molecule has 0 radical (unpaired) electrons. The van der Waals surface area contributed by atoms with Crippen molar-refractivity contribution in [2.24, 2.45) is 5.73 Å². The molecule has 1 unspecified atom stereocenters. The molecule has 0 aliphatic carbocycles. The first kappa shape index (κ1) is 14.0. The van der Waals surface area contributed by atoms with Crippen molar-refractivity contribution in [3.8, 4) is 0 Å². The molecule has 0 heterocycles. The van der Waals surface area contributed by atoms with Gasteiger partial charge in [0, 0.05) is 11.1 Å². The minimum absolute atomic E-state index is 0.0659. The maximum atomic E-state index is 11.3. The molecule has 0 aliphatic rings. The summed E-state index contributed by atoms with van der Waals surface area (Å²) in [5.41, 5.74) is 5.68. The van der Waals surface area contributed by atoms with E-state index in [1.54, 1.807) is 13.8 Å². The molecule has 4 heteroatoms. The number of nitrogens with one attached hydrogen (secondary N) is 1. The van der Waals surface area contributed by atoms with E-state index in [1.165, 1.54) is 0 Å². The zero-order valence-corrected chi connectivity index (χ0v) is 11.2. The van der Waals surface area contributed by atoms with Crippen molar-refractivity contribution in [2.75, 3.05) is 0 Å². The van der Waals surface area contributed by atoms with E-state index in [0.29, 0.717) is 5.02 Å². The second kappa shape index (κ2) is 5.52. The second-order valence-electron chi connectivity index (χ2n) is 4.65. The number of halogens is 1. The van der Waals surface area contributed by atoms with Crippen molar-refractivity contribution in [3.05, 3.63) is 34.9 Å². The first-order valence-electron chi connectivity index (χ1n) is 5.70. The Kier molecular flexibility index (Phi) is 4.54. The Balaban J connectivity index is 2.90. The number of carbonyl (C=O) groups is 1. The highest BCUT2D eigenvalue weighted by atomic mass is 35.5. The second-order valence-corrected chi connectivity index (χ2v) is 5.09. The zero-order chi connectivity index (χ0) is 13.1. The smallest absolute Gasteiger partial charge is 0.237 e. The van der Waals surface area contributed by atoms with Gasteiger partial charge in [0.1, 0.15) is 0 Å². The van der Waals surface area contributed by atoms with E-state index >= 15 is 0 Å². The highest BCUT2D eigenvalue weighted by molar-refractivity contribution is 6.30. The van der Waals surface area contributed by atoms with Gasteiger partial charge >= 0.3 is 0 Å². The molecule has 0 saturated carbocycles. The summed E-state index contributed by atoms with van der Waals surface area (Å²) < 4.78 is 0. The fraction of sp³-hybridized carbons (Fsp3) is 0.462. The molecule has 0 aromatic heterocycles. The zero-order valence-electron chi connectivity index (χ0n) is 10.5. The highest BCUT2D eigenvalue weighted by Gasteiger charge is 2.27. The Morgan fingerprint density at radius 1 is 1.53 bits per heavy atom. The lowest BCUT2D eigenvalue weighted by Crippen LogP contribution is -2.51. The van der Waals surface area contributed by atoms with Crippen LogP contribution in [-0.4, -0.2) is 11.4 Å². The molecule has 94 valence electrons. The Morgan fingerprint density at radius 2 is 2.18 bits per heavy atom. The van der Waals surface area contributed by atoms with Gasteiger partial charge in [0.15, 0.2) is 0 Å². The molecule has 1 amide bonds. The largest absolute Gasteiger partial charge is 0.368 e. The third kappa shape index (κ3) is 3.72. The summed E-state index contributed by atoms with van der Waals surface area (Å²) in [4.78, 5) is 11.3. The number of primary amides is 1. The third-order valence-electron chi connectivity index (χ3n) is 2.81. The Bertz CT molecular complexity index is 404. The summed E-state index contributed by atoms with van der Waals surface area (Å²) in [7, 11) is 0. The van der Waals surface area contributed by atoms with Gasteiger partial charge in [-0.1, -0.05) is 30.7 Å². The van der Waals surface area contributed by atoms with Crippen LogP contribution >= 0.6 is 11.6 Å². The van der Waals surface area contributed by atoms with Crippen LogP contribution in [0.25, 0.3) is 0 Å². The maximum Gasteiger partial charge on any atom is 0.237 e. The van der Waals surface area contributed by atoms with Crippen molar-refractivity contribution in [1.82, 2.24) is 5.32 Å². The van der Waals surface area contributed by atoms with Gasteiger partial charge in [-0.15, -0.1) is 0 Å². The first-order chi connectivity index (χ1) is 7.86. The molecule has 3 nitrogen and oxygen atoms in total. The predicted molar refractivity (Wildman–Crippen MR) is 70.9 cm³/mol. The maximum absolute atomic E-state index is 11.3. The fourth-order valence-electron chi connectivity index (χ4n) is 1.65. The predicted octanol–water partition coefficient (Wildman–Crippen LogP) is 2.64. The monoisotopic (exact) mass is 254 g/mol. The summed E-state index contributed by atoms with van der Waals surface area (Å²) in [5.74, 6) is -0.363. The highest BCUT2D eigenvalue weighted by Crippen LogP contribution is 2.22. The molecule has 0 fully saturated rings. The summed E-state index contributed by atoms with van der Waals surface area (Å²) in [6.07, 6.45) is 0.858. The summed E-state index contributed by atoms with van der Waals surface area (Å²) in [6, 6.07) is 7.69. The first-order valence-corrected chi connectivity index (χ1v) is 6.07. The summed E-state index contributed by atoms with van der Waals surface area (Å²) >= 11 is 5.96. The van der Waals surface area contributed by atoms with Gasteiger partial charge < -0.3 is 5.73 Å². The minimum Gasteiger partial charge on any atom is -0.368 e. The molecule has 1 aromatic carbocycles. The average molecular weight is 255 g/mol. The molecule has 0 spiro atoms.